The first-order valence-corrected chi connectivity index (χ1v) is 9.09. The minimum atomic E-state index is -4.55. The quantitative estimate of drug-likeness (QED) is 0.561. The van der Waals surface area contributed by atoms with Crippen LogP contribution < -0.4 is 10.1 Å². The molecule has 0 fully saturated rings. The van der Waals surface area contributed by atoms with Gasteiger partial charge in [0.05, 0.1) is 17.9 Å². The molecule has 0 spiro atoms. The first-order valence-electron chi connectivity index (χ1n) is 9.09. The minimum Gasteiger partial charge on any atom is -0.493 e. The third-order valence-corrected chi connectivity index (χ3v) is 4.43. The topological polar surface area (TPSA) is 38.3 Å². The van der Waals surface area contributed by atoms with Crippen molar-refractivity contribution in [1.29, 1.82) is 0 Å². The first-order chi connectivity index (χ1) is 13.8. The number of para-hydroxylation sites is 1. The third kappa shape index (κ3) is 5.38. The highest BCUT2D eigenvalue weighted by Crippen LogP contribution is 2.34. The van der Waals surface area contributed by atoms with Crippen LogP contribution in [0.15, 0.2) is 72.8 Å². The van der Waals surface area contributed by atoms with Gasteiger partial charge in [-0.2, -0.15) is 13.2 Å². The Morgan fingerprint density at radius 3 is 2.34 bits per heavy atom. The summed E-state index contributed by atoms with van der Waals surface area (Å²) in [5, 5.41) is 2.36. The van der Waals surface area contributed by atoms with Gasteiger partial charge in [0.15, 0.2) is 0 Å². The van der Waals surface area contributed by atoms with Gasteiger partial charge >= 0.3 is 6.18 Å². The molecule has 0 unspecified atom stereocenters. The largest absolute Gasteiger partial charge is 0.493 e. The van der Waals surface area contributed by atoms with Crippen LogP contribution >= 0.6 is 0 Å². The molecular weight excluding hydrogens is 379 g/mol. The molecule has 0 radical (unpaired) electrons. The number of amides is 1. The molecule has 3 rings (SSSR count). The lowest BCUT2D eigenvalue weighted by atomic mass is 10.1. The second kappa shape index (κ2) is 8.82. The molecule has 3 aromatic carbocycles. The molecule has 0 atom stereocenters. The molecule has 6 heteroatoms. The Morgan fingerprint density at radius 1 is 0.966 bits per heavy atom. The van der Waals surface area contributed by atoms with Crippen molar-refractivity contribution < 1.29 is 22.7 Å². The number of halogens is 3. The van der Waals surface area contributed by atoms with Crippen molar-refractivity contribution in [3.05, 3.63) is 95.1 Å². The zero-order chi connectivity index (χ0) is 20.9. The van der Waals surface area contributed by atoms with Crippen LogP contribution in [0.3, 0.4) is 0 Å². The average Bonchev–Trinajstić information content (AvgIpc) is 2.68. The van der Waals surface area contributed by atoms with Crippen LogP contribution in [-0.4, -0.2) is 12.5 Å². The van der Waals surface area contributed by atoms with Crippen molar-refractivity contribution in [2.45, 2.75) is 19.5 Å². The van der Waals surface area contributed by atoms with Gasteiger partial charge in [-0.25, -0.2) is 0 Å². The summed E-state index contributed by atoms with van der Waals surface area (Å²) in [5.74, 6) is 0.000656. The molecule has 0 aliphatic rings. The molecular formula is C23H20F3NO2. The summed E-state index contributed by atoms with van der Waals surface area (Å²) in [4.78, 5) is 12.5. The van der Waals surface area contributed by atoms with Gasteiger partial charge in [0.1, 0.15) is 5.75 Å². The van der Waals surface area contributed by atoms with Gasteiger partial charge < -0.3 is 10.1 Å². The molecule has 3 nitrogen and oxygen atoms in total. The summed E-state index contributed by atoms with van der Waals surface area (Å²) in [6, 6.07) is 19.7. The number of benzene rings is 3. The SMILES string of the molecule is Cc1cc(OCCc2ccccc2)ccc1C(=O)Nc1ccccc1C(F)(F)F. The number of carbonyl (C=O) groups excluding carboxylic acids is 1. The highest BCUT2D eigenvalue weighted by atomic mass is 19.4. The van der Waals surface area contributed by atoms with Gasteiger partial charge in [0, 0.05) is 12.0 Å². The third-order valence-electron chi connectivity index (χ3n) is 4.43. The molecule has 0 heterocycles. The van der Waals surface area contributed by atoms with Crippen LogP contribution in [0.2, 0.25) is 0 Å². The molecule has 1 amide bonds. The highest BCUT2D eigenvalue weighted by Gasteiger charge is 2.33. The molecule has 0 aromatic heterocycles. The maximum atomic E-state index is 13.1. The van der Waals surface area contributed by atoms with Crippen molar-refractivity contribution in [1.82, 2.24) is 0 Å². The van der Waals surface area contributed by atoms with Gasteiger partial charge in [-0.3, -0.25) is 4.79 Å². The maximum Gasteiger partial charge on any atom is 0.418 e. The lowest BCUT2D eigenvalue weighted by Gasteiger charge is -2.15. The summed E-state index contributed by atoms with van der Waals surface area (Å²) < 4.78 is 45.0. The lowest BCUT2D eigenvalue weighted by molar-refractivity contribution is -0.136. The number of nitrogens with one attached hydrogen (secondary N) is 1. The molecule has 0 aliphatic carbocycles. The summed E-state index contributed by atoms with van der Waals surface area (Å²) in [6.45, 7) is 2.20. The van der Waals surface area contributed by atoms with E-state index in [9.17, 15) is 18.0 Å². The Kier molecular flexibility index (Phi) is 6.22. The summed E-state index contributed by atoms with van der Waals surface area (Å²) in [6.07, 6.45) is -3.80. The van der Waals surface area contributed by atoms with Gasteiger partial charge in [0.2, 0.25) is 0 Å². The van der Waals surface area contributed by atoms with E-state index in [0.29, 0.717) is 17.9 Å². The van der Waals surface area contributed by atoms with Crippen LogP contribution in [0.25, 0.3) is 0 Å². The van der Waals surface area contributed by atoms with E-state index in [4.69, 9.17) is 4.74 Å². The Labute approximate surface area is 167 Å². The van der Waals surface area contributed by atoms with Crippen LogP contribution in [0, 0.1) is 6.92 Å². The Balaban J connectivity index is 1.66. The van der Waals surface area contributed by atoms with E-state index in [0.717, 1.165) is 18.1 Å². The van der Waals surface area contributed by atoms with Gasteiger partial charge in [-0.15, -0.1) is 0 Å². The average molecular weight is 399 g/mol. The number of hydrogen-bond acceptors (Lipinski definition) is 2. The van der Waals surface area contributed by atoms with Crippen molar-refractivity contribution in [3.8, 4) is 5.75 Å². The van der Waals surface area contributed by atoms with Crippen LogP contribution in [-0.2, 0) is 12.6 Å². The first kappa shape index (κ1) is 20.5. The summed E-state index contributed by atoms with van der Waals surface area (Å²) >= 11 is 0. The van der Waals surface area contributed by atoms with Gasteiger partial charge in [-0.05, 0) is 48.4 Å². The van der Waals surface area contributed by atoms with E-state index < -0.39 is 17.6 Å². The Bertz CT molecular complexity index is 985. The van der Waals surface area contributed by atoms with E-state index >= 15 is 0 Å². The van der Waals surface area contributed by atoms with Gasteiger partial charge in [0.25, 0.3) is 5.91 Å². The Hall–Kier alpha value is -3.28. The molecule has 3 aromatic rings. The monoisotopic (exact) mass is 399 g/mol. The maximum absolute atomic E-state index is 13.1. The van der Waals surface area contributed by atoms with Crippen molar-refractivity contribution >= 4 is 11.6 Å². The second-order valence-electron chi connectivity index (χ2n) is 6.56. The molecule has 0 saturated carbocycles. The molecule has 150 valence electrons. The fourth-order valence-electron chi connectivity index (χ4n) is 2.94. The fourth-order valence-corrected chi connectivity index (χ4v) is 2.94. The molecule has 0 aliphatic heterocycles. The molecule has 1 N–H and O–H groups in total. The van der Waals surface area contributed by atoms with Gasteiger partial charge in [-0.1, -0.05) is 42.5 Å². The molecule has 29 heavy (non-hydrogen) atoms. The minimum absolute atomic E-state index is 0.271. The van der Waals surface area contributed by atoms with Crippen molar-refractivity contribution in [2.24, 2.45) is 0 Å². The normalized spacial score (nSPS) is 11.2. The lowest BCUT2D eigenvalue weighted by Crippen LogP contribution is -2.17. The predicted molar refractivity (Wildman–Crippen MR) is 106 cm³/mol. The van der Waals surface area contributed by atoms with Crippen molar-refractivity contribution in [3.63, 3.8) is 0 Å². The molecule has 0 bridgehead atoms. The van der Waals surface area contributed by atoms with E-state index in [2.05, 4.69) is 5.32 Å². The standard InChI is InChI=1S/C23H20F3NO2/c1-16-15-18(29-14-13-17-7-3-2-4-8-17)11-12-19(16)22(28)27-21-10-6-5-9-20(21)23(24,25)26/h2-12,15H,13-14H2,1H3,(H,27,28). The zero-order valence-electron chi connectivity index (χ0n) is 15.8. The van der Waals surface area contributed by atoms with E-state index in [1.165, 1.54) is 18.2 Å². The van der Waals surface area contributed by atoms with E-state index in [-0.39, 0.29) is 11.3 Å². The predicted octanol–water partition coefficient (Wildman–Crippen LogP) is 5.89. The number of alkyl halides is 3. The number of ether oxygens (including phenoxy) is 1. The second-order valence-corrected chi connectivity index (χ2v) is 6.56. The van der Waals surface area contributed by atoms with Crippen LogP contribution in [0.5, 0.6) is 5.75 Å². The smallest absolute Gasteiger partial charge is 0.418 e. The molecule has 0 saturated heterocycles. The number of anilines is 1. The zero-order valence-corrected chi connectivity index (χ0v) is 15.8. The summed E-state index contributed by atoms with van der Waals surface area (Å²) in [7, 11) is 0. The number of carbonyl (C=O) groups is 1. The van der Waals surface area contributed by atoms with Crippen LogP contribution in [0.4, 0.5) is 18.9 Å². The number of hydrogen-bond donors (Lipinski definition) is 1. The highest BCUT2D eigenvalue weighted by molar-refractivity contribution is 6.05. The van der Waals surface area contributed by atoms with Crippen molar-refractivity contribution in [2.75, 3.05) is 11.9 Å². The van der Waals surface area contributed by atoms with E-state index in [1.807, 2.05) is 30.3 Å². The summed E-state index contributed by atoms with van der Waals surface area (Å²) in [5.41, 5.74) is 0.907. The van der Waals surface area contributed by atoms with E-state index in [1.54, 1.807) is 25.1 Å². The fraction of sp³-hybridized carbons (Fsp3) is 0.174. The Morgan fingerprint density at radius 2 is 1.66 bits per heavy atom. The number of rotatable bonds is 6. The number of aryl methyl sites for hydroxylation is 1. The van der Waals surface area contributed by atoms with Crippen LogP contribution in [0.1, 0.15) is 27.0 Å².